The van der Waals surface area contributed by atoms with Gasteiger partial charge in [-0.25, -0.2) is 4.98 Å². The third kappa shape index (κ3) is 2.41. The number of rotatable bonds is 3. The monoisotopic (exact) mass is 234 g/mol. The Hall–Kier alpha value is -0.790. The first kappa shape index (κ1) is 12.7. The molecule has 0 aliphatic carbocycles. The zero-order valence-electron chi connectivity index (χ0n) is 12.0. The molecule has 0 bridgehead atoms. The van der Waals surface area contributed by atoms with Crippen molar-refractivity contribution < 1.29 is 0 Å². The largest absolute Gasteiger partial charge is 0.329 e. The summed E-state index contributed by atoms with van der Waals surface area (Å²) >= 11 is 0. The summed E-state index contributed by atoms with van der Waals surface area (Å²) in [5.74, 6) is 2.62. The molecule has 1 aliphatic heterocycles. The summed E-state index contributed by atoms with van der Waals surface area (Å²) in [6.07, 6.45) is 4.91. The van der Waals surface area contributed by atoms with E-state index in [0.29, 0.717) is 17.9 Å². The SMILES string of the molecule is CC(C)Cc1nc2n(c1C(C)C)C(C)CCC2. The Labute approximate surface area is 105 Å². The second-order valence-corrected chi connectivity index (χ2v) is 6.22. The molecule has 1 unspecified atom stereocenters. The van der Waals surface area contributed by atoms with Gasteiger partial charge in [0, 0.05) is 18.2 Å². The molecule has 17 heavy (non-hydrogen) atoms. The Morgan fingerprint density at radius 2 is 2.00 bits per heavy atom. The van der Waals surface area contributed by atoms with Crippen molar-refractivity contribution in [3.8, 4) is 0 Å². The highest BCUT2D eigenvalue weighted by Crippen LogP contribution is 2.32. The highest BCUT2D eigenvalue weighted by molar-refractivity contribution is 5.23. The van der Waals surface area contributed by atoms with E-state index in [-0.39, 0.29) is 0 Å². The van der Waals surface area contributed by atoms with Crippen LogP contribution in [0.4, 0.5) is 0 Å². The van der Waals surface area contributed by atoms with Gasteiger partial charge >= 0.3 is 0 Å². The second kappa shape index (κ2) is 4.83. The van der Waals surface area contributed by atoms with E-state index < -0.39 is 0 Å². The first-order chi connectivity index (χ1) is 8.00. The molecule has 0 saturated carbocycles. The fraction of sp³-hybridized carbons (Fsp3) is 0.800. The zero-order chi connectivity index (χ0) is 12.6. The Kier molecular flexibility index (Phi) is 3.60. The quantitative estimate of drug-likeness (QED) is 0.770. The smallest absolute Gasteiger partial charge is 0.109 e. The van der Waals surface area contributed by atoms with E-state index in [1.165, 1.54) is 36.5 Å². The van der Waals surface area contributed by atoms with E-state index in [2.05, 4.69) is 39.2 Å². The fourth-order valence-electron chi connectivity index (χ4n) is 3.05. The number of aromatic nitrogens is 2. The first-order valence-electron chi connectivity index (χ1n) is 7.10. The van der Waals surface area contributed by atoms with Crippen LogP contribution in [0.2, 0.25) is 0 Å². The van der Waals surface area contributed by atoms with Gasteiger partial charge in [-0.15, -0.1) is 0 Å². The third-order valence-electron chi connectivity index (χ3n) is 3.71. The van der Waals surface area contributed by atoms with Crippen LogP contribution < -0.4 is 0 Å². The zero-order valence-corrected chi connectivity index (χ0v) is 12.0. The predicted molar refractivity (Wildman–Crippen MR) is 72.5 cm³/mol. The van der Waals surface area contributed by atoms with Gasteiger partial charge in [0.05, 0.1) is 5.69 Å². The summed E-state index contributed by atoms with van der Waals surface area (Å²) in [4.78, 5) is 4.93. The molecule has 2 nitrogen and oxygen atoms in total. The number of nitrogens with zero attached hydrogens (tertiary/aromatic N) is 2. The molecule has 0 amide bonds. The van der Waals surface area contributed by atoms with Crippen LogP contribution in [0.25, 0.3) is 0 Å². The van der Waals surface area contributed by atoms with E-state index in [0.717, 1.165) is 6.42 Å². The Balaban J connectivity index is 2.46. The summed E-state index contributed by atoms with van der Waals surface area (Å²) in [6, 6.07) is 0.643. The predicted octanol–water partition coefficient (Wildman–Crippen LogP) is 4.10. The molecule has 0 radical (unpaired) electrons. The molecule has 1 aromatic heterocycles. The lowest BCUT2D eigenvalue weighted by Gasteiger charge is -2.25. The van der Waals surface area contributed by atoms with Crippen molar-refractivity contribution in [3.63, 3.8) is 0 Å². The average Bonchev–Trinajstić information content (AvgIpc) is 2.56. The molecule has 96 valence electrons. The van der Waals surface area contributed by atoms with Crippen LogP contribution in [-0.4, -0.2) is 9.55 Å². The summed E-state index contributed by atoms with van der Waals surface area (Å²) in [5, 5.41) is 0. The van der Waals surface area contributed by atoms with E-state index in [9.17, 15) is 0 Å². The van der Waals surface area contributed by atoms with Crippen molar-refractivity contribution in [2.45, 2.75) is 72.3 Å². The highest BCUT2D eigenvalue weighted by atomic mass is 15.1. The van der Waals surface area contributed by atoms with E-state index >= 15 is 0 Å². The van der Waals surface area contributed by atoms with Crippen molar-refractivity contribution in [2.24, 2.45) is 5.92 Å². The van der Waals surface area contributed by atoms with Crippen molar-refractivity contribution in [3.05, 3.63) is 17.2 Å². The van der Waals surface area contributed by atoms with Crippen molar-refractivity contribution in [2.75, 3.05) is 0 Å². The summed E-state index contributed by atoms with van der Waals surface area (Å²) in [6.45, 7) is 11.5. The molecule has 2 heteroatoms. The van der Waals surface area contributed by atoms with Gasteiger partial charge in [0.2, 0.25) is 0 Å². The number of fused-ring (bicyclic) bond motifs is 1. The molecule has 1 aliphatic rings. The molecular weight excluding hydrogens is 208 g/mol. The number of hydrogen-bond acceptors (Lipinski definition) is 1. The molecule has 0 N–H and O–H groups in total. The van der Waals surface area contributed by atoms with Crippen LogP contribution in [0, 0.1) is 5.92 Å². The number of imidazole rings is 1. The number of hydrogen-bond donors (Lipinski definition) is 0. The molecule has 1 aromatic rings. The minimum absolute atomic E-state index is 0.588. The van der Waals surface area contributed by atoms with Gasteiger partial charge < -0.3 is 4.57 Å². The van der Waals surface area contributed by atoms with Gasteiger partial charge in [-0.05, 0) is 38.0 Å². The van der Waals surface area contributed by atoms with Crippen LogP contribution in [-0.2, 0) is 12.8 Å². The lowest BCUT2D eigenvalue weighted by Crippen LogP contribution is -2.18. The Bertz CT molecular complexity index is 388. The van der Waals surface area contributed by atoms with Gasteiger partial charge in [0.25, 0.3) is 0 Å². The molecule has 0 aromatic carbocycles. The fourth-order valence-corrected chi connectivity index (χ4v) is 3.05. The van der Waals surface area contributed by atoms with E-state index in [4.69, 9.17) is 4.98 Å². The van der Waals surface area contributed by atoms with Crippen molar-refractivity contribution >= 4 is 0 Å². The normalized spacial score (nSPS) is 20.1. The minimum Gasteiger partial charge on any atom is -0.329 e. The lowest BCUT2D eigenvalue weighted by molar-refractivity contribution is 0.409. The average molecular weight is 234 g/mol. The number of aryl methyl sites for hydroxylation is 1. The molecule has 1 atom stereocenters. The molecule has 2 rings (SSSR count). The molecule has 0 fully saturated rings. The standard InChI is InChI=1S/C15H26N2/c1-10(2)9-13-15(11(3)4)17-12(5)7-6-8-14(17)16-13/h10-12H,6-9H2,1-5H3. The summed E-state index contributed by atoms with van der Waals surface area (Å²) in [5.41, 5.74) is 2.86. The van der Waals surface area contributed by atoms with E-state index in [1.807, 2.05) is 0 Å². The molecule has 0 spiro atoms. The first-order valence-corrected chi connectivity index (χ1v) is 7.10. The van der Waals surface area contributed by atoms with Crippen molar-refractivity contribution in [1.29, 1.82) is 0 Å². The third-order valence-corrected chi connectivity index (χ3v) is 3.71. The molecule has 2 heterocycles. The van der Waals surface area contributed by atoms with Gasteiger partial charge in [-0.1, -0.05) is 27.7 Å². The van der Waals surface area contributed by atoms with Crippen LogP contribution in [0.3, 0.4) is 0 Å². The maximum Gasteiger partial charge on any atom is 0.109 e. The van der Waals surface area contributed by atoms with Gasteiger partial charge in [0.15, 0.2) is 0 Å². The van der Waals surface area contributed by atoms with Crippen LogP contribution >= 0.6 is 0 Å². The van der Waals surface area contributed by atoms with Crippen LogP contribution in [0.1, 0.15) is 76.6 Å². The maximum absolute atomic E-state index is 4.93. The van der Waals surface area contributed by atoms with Gasteiger partial charge in [-0.3, -0.25) is 0 Å². The van der Waals surface area contributed by atoms with Crippen LogP contribution in [0.15, 0.2) is 0 Å². The lowest BCUT2D eigenvalue weighted by atomic mass is 9.99. The Morgan fingerprint density at radius 1 is 1.29 bits per heavy atom. The topological polar surface area (TPSA) is 17.8 Å². The van der Waals surface area contributed by atoms with Crippen molar-refractivity contribution in [1.82, 2.24) is 9.55 Å². The molecule has 0 saturated heterocycles. The van der Waals surface area contributed by atoms with Crippen LogP contribution in [0.5, 0.6) is 0 Å². The highest BCUT2D eigenvalue weighted by Gasteiger charge is 2.25. The summed E-state index contributed by atoms with van der Waals surface area (Å²) < 4.78 is 2.53. The Morgan fingerprint density at radius 3 is 2.59 bits per heavy atom. The molecular formula is C15H26N2. The van der Waals surface area contributed by atoms with Gasteiger partial charge in [-0.2, -0.15) is 0 Å². The minimum atomic E-state index is 0.588. The van der Waals surface area contributed by atoms with E-state index in [1.54, 1.807) is 0 Å². The van der Waals surface area contributed by atoms with Gasteiger partial charge in [0.1, 0.15) is 5.82 Å². The maximum atomic E-state index is 4.93. The second-order valence-electron chi connectivity index (χ2n) is 6.22. The summed E-state index contributed by atoms with van der Waals surface area (Å²) in [7, 11) is 0.